The Balaban J connectivity index is 2.11. The van der Waals surface area contributed by atoms with Crippen LogP contribution in [0.4, 0.5) is 5.69 Å². The molecule has 0 bridgehead atoms. The Labute approximate surface area is 150 Å². The molecule has 0 saturated carbocycles. The summed E-state index contributed by atoms with van der Waals surface area (Å²) in [5.74, 6) is -0.705. The van der Waals surface area contributed by atoms with Crippen LogP contribution in [0.1, 0.15) is 40.6 Å². The number of carbonyl (C=O) groups is 2. The average molecular weight is 366 g/mol. The molecule has 24 heavy (non-hydrogen) atoms. The van der Waals surface area contributed by atoms with Crippen molar-refractivity contribution >= 4 is 40.7 Å². The highest BCUT2D eigenvalue weighted by Gasteiger charge is 2.13. The van der Waals surface area contributed by atoms with Crippen molar-refractivity contribution in [1.29, 1.82) is 0 Å². The molecule has 0 saturated heterocycles. The van der Waals surface area contributed by atoms with E-state index in [-0.39, 0.29) is 11.6 Å². The fourth-order valence-electron chi connectivity index (χ4n) is 1.95. The van der Waals surface area contributed by atoms with E-state index in [2.05, 4.69) is 15.6 Å². The zero-order valence-electron chi connectivity index (χ0n) is 13.1. The Morgan fingerprint density at radius 1 is 1.12 bits per heavy atom. The van der Waals surface area contributed by atoms with Crippen molar-refractivity contribution in [3.63, 3.8) is 0 Å². The minimum atomic E-state index is -0.399. The second-order valence-corrected chi connectivity index (χ2v) is 5.96. The molecule has 2 aromatic rings. The summed E-state index contributed by atoms with van der Waals surface area (Å²) < 4.78 is 0. The molecule has 2 N–H and O–H groups in total. The second kappa shape index (κ2) is 8.66. The number of carbonyl (C=O) groups excluding carboxylic acids is 2. The van der Waals surface area contributed by atoms with E-state index in [4.69, 9.17) is 23.2 Å². The molecule has 1 aromatic heterocycles. The molecule has 0 aliphatic rings. The zero-order valence-corrected chi connectivity index (χ0v) is 14.6. The maximum absolute atomic E-state index is 12.3. The number of hydrogen-bond donors (Lipinski definition) is 2. The number of amides is 2. The van der Waals surface area contributed by atoms with E-state index in [9.17, 15) is 9.59 Å². The minimum Gasteiger partial charge on any atom is -0.351 e. The Hall–Kier alpha value is -2.11. The topological polar surface area (TPSA) is 71.1 Å². The van der Waals surface area contributed by atoms with Gasteiger partial charge in [0, 0.05) is 23.3 Å². The van der Waals surface area contributed by atoms with Gasteiger partial charge in [-0.05, 0) is 36.8 Å². The second-order valence-electron chi connectivity index (χ2n) is 5.12. The van der Waals surface area contributed by atoms with Gasteiger partial charge in [0.25, 0.3) is 11.8 Å². The van der Waals surface area contributed by atoms with Crippen molar-refractivity contribution < 1.29 is 9.59 Å². The van der Waals surface area contributed by atoms with Gasteiger partial charge >= 0.3 is 0 Å². The highest BCUT2D eigenvalue weighted by molar-refractivity contribution is 6.35. The number of pyridine rings is 1. The molecule has 0 spiro atoms. The third-order valence-electron chi connectivity index (χ3n) is 3.25. The predicted octanol–water partition coefficient (Wildman–Crippen LogP) is 4.17. The van der Waals surface area contributed by atoms with Crippen LogP contribution in [0, 0.1) is 0 Å². The molecule has 2 amide bonds. The number of rotatable bonds is 6. The predicted molar refractivity (Wildman–Crippen MR) is 95.9 cm³/mol. The molecule has 0 radical (unpaired) electrons. The monoisotopic (exact) mass is 365 g/mol. The Kier molecular flexibility index (Phi) is 6.58. The maximum atomic E-state index is 12.3. The van der Waals surface area contributed by atoms with E-state index in [0.29, 0.717) is 27.8 Å². The van der Waals surface area contributed by atoms with Crippen LogP contribution >= 0.6 is 23.2 Å². The summed E-state index contributed by atoms with van der Waals surface area (Å²) in [5.41, 5.74) is 0.901. The van der Waals surface area contributed by atoms with E-state index in [0.717, 1.165) is 12.8 Å². The summed E-state index contributed by atoms with van der Waals surface area (Å²) in [5, 5.41) is 6.26. The van der Waals surface area contributed by atoms with Crippen LogP contribution in [0.15, 0.2) is 36.5 Å². The molecule has 1 heterocycles. The van der Waals surface area contributed by atoms with Gasteiger partial charge < -0.3 is 10.6 Å². The molecule has 0 atom stereocenters. The van der Waals surface area contributed by atoms with Gasteiger partial charge in [0.1, 0.15) is 5.69 Å². The molecule has 2 rings (SSSR count). The number of benzene rings is 1. The average Bonchev–Trinajstić information content (AvgIpc) is 2.58. The molecule has 0 aliphatic heterocycles. The van der Waals surface area contributed by atoms with Gasteiger partial charge in [0.15, 0.2) is 0 Å². The lowest BCUT2D eigenvalue weighted by Gasteiger charge is -2.09. The van der Waals surface area contributed by atoms with Crippen LogP contribution in [0.2, 0.25) is 10.0 Å². The van der Waals surface area contributed by atoms with Gasteiger partial charge in [0.05, 0.1) is 10.7 Å². The summed E-state index contributed by atoms with van der Waals surface area (Å²) in [6, 6.07) is 7.75. The van der Waals surface area contributed by atoms with Crippen molar-refractivity contribution in [1.82, 2.24) is 10.3 Å². The number of anilines is 1. The van der Waals surface area contributed by atoms with Crippen molar-refractivity contribution in [3.05, 3.63) is 57.8 Å². The normalized spacial score (nSPS) is 10.3. The Bertz CT molecular complexity index is 750. The number of nitrogens with one attached hydrogen (secondary N) is 2. The minimum absolute atomic E-state index is 0.191. The van der Waals surface area contributed by atoms with Gasteiger partial charge in [-0.25, -0.2) is 0 Å². The van der Waals surface area contributed by atoms with Crippen LogP contribution in [0.5, 0.6) is 0 Å². The molecule has 1 aromatic carbocycles. The molecule has 7 heteroatoms. The number of nitrogens with zero attached hydrogens (tertiary/aromatic N) is 1. The number of halogens is 2. The zero-order chi connectivity index (χ0) is 17.5. The van der Waals surface area contributed by atoms with Crippen LogP contribution < -0.4 is 10.6 Å². The lowest BCUT2D eigenvalue weighted by molar-refractivity contribution is 0.0948. The SMILES string of the molecule is CCCCNC(=O)c1cc(C(=O)Nc2cc(Cl)ccc2Cl)ccn1. The van der Waals surface area contributed by atoms with E-state index >= 15 is 0 Å². The fraction of sp³-hybridized carbons (Fsp3) is 0.235. The standard InChI is InChI=1S/C17H17Cl2N3O2/c1-2-3-7-21-17(24)15-9-11(6-8-20-15)16(23)22-14-10-12(18)4-5-13(14)19/h4-6,8-10H,2-3,7H2,1H3,(H,21,24)(H,22,23). The van der Waals surface area contributed by atoms with E-state index in [1.807, 2.05) is 6.92 Å². The molecule has 5 nitrogen and oxygen atoms in total. The number of aromatic nitrogens is 1. The summed E-state index contributed by atoms with van der Waals surface area (Å²) in [4.78, 5) is 28.3. The molecule has 126 valence electrons. The molecular weight excluding hydrogens is 349 g/mol. The van der Waals surface area contributed by atoms with Crippen LogP contribution in [-0.2, 0) is 0 Å². The Morgan fingerprint density at radius 2 is 1.92 bits per heavy atom. The highest BCUT2D eigenvalue weighted by Crippen LogP contribution is 2.25. The lowest BCUT2D eigenvalue weighted by atomic mass is 10.2. The Morgan fingerprint density at radius 3 is 2.67 bits per heavy atom. The van der Waals surface area contributed by atoms with Gasteiger partial charge in [-0.3, -0.25) is 14.6 Å². The first-order chi connectivity index (χ1) is 11.5. The van der Waals surface area contributed by atoms with Gasteiger partial charge in [-0.1, -0.05) is 36.5 Å². The van der Waals surface area contributed by atoms with E-state index in [1.54, 1.807) is 18.2 Å². The third kappa shape index (κ3) is 4.94. The first-order valence-corrected chi connectivity index (χ1v) is 8.27. The fourth-order valence-corrected chi connectivity index (χ4v) is 2.29. The van der Waals surface area contributed by atoms with Crippen molar-refractivity contribution in [2.24, 2.45) is 0 Å². The van der Waals surface area contributed by atoms with Crippen molar-refractivity contribution in [2.75, 3.05) is 11.9 Å². The third-order valence-corrected chi connectivity index (χ3v) is 3.81. The quantitative estimate of drug-likeness (QED) is 0.754. The van der Waals surface area contributed by atoms with Gasteiger partial charge in [0.2, 0.25) is 0 Å². The summed E-state index contributed by atoms with van der Waals surface area (Å²) in [6.07, 6.45) is 3.29. The van der Waals surface area contributed by atoms with Crippen molar-refractivity contribution in [2.45, 2.75) is 19.8 Å². The van der Waals surface area contributed by atoms with E-state index < -0.39 is 5.91 Å². The summed E-state index contributed by atoms with van der Waals surface area (Å²) in [6.45, 7) is 2.61. The van der Waals surface area contributed by atoms with Gasteiger partial charge in [-0.2, -0.15) is 0 Å². The smallest absolute Gasteiger partial charge is 0.269 e. The van der Waals surface area contributed by atoms with Gasteiger partial charge in [-0.15, -0.1) is 0 Å². The number of hydrogen-bond acceptors (Lipinski definition) is 3. The van der Waals surface area contributed by atoms with Crippen LogP contribution in [0.3, 0.4) is 0 Å². The lowest BCUT2D eigenvalue weighted by Crippen LogP contribution is -2.25. The first-order valence-electron chi connectivity index (χ1n) is 7.52. The highest BCUT2D eigenvalue weighted by atomic mass is 35.5. The summed E-state index contributed by atoms with van der Waals surface area (Å²) >= 11 is 11.9. The largest absolute Gasteiger partial charge is 0.351 e. The van der Waals surface area contributed by atoms with Crippen LogP contribution in [-0.4, -0.2) is 23.3 Å². The van der Waals surface area contributed by atoms with E-state index in [1.165, 1.54) is 18.3 Å². The first kappa shape index (κ1) is 18.2. The summed E-state index contributed by atoms with van der Waals surface area (Å²) in [7, 11) is 0. The number of unbranched alkanes of at least 4 members (excludes halogenated alkanes) is 1. The van der Waals surface area contributed by atoms with Crippen LogP contribution in [0.25, 0.3) is 0 Å². The molecule has 0 fully saturated rings. The maximum Gasteiger partial charge on any atom is 0.269 e. The molecule has 0 unspecified atom stereocenters. The molecule has 0 aliphatic carbocycles. The molecular formula is C17H17Cl2N3O2. The van der Waals surface area contributed by atoms with Crippen molar-refractivity contribution in [3.8, 4) is 0 Å².